The Kier molecular flexibility index (Phi) is 5.62. The van der Waals surface area contributed by atoms with E-state index in [9.17, 15) is 0 Å². The van der Waals surface area contributed by atoms with Gasteiger partial charge in [0.1, 0.15) is 0 Å². The van der Waals surface area contributed by atoms with Crippen molar-refractivity contribution in [1.29, 1.82) is 0 Å². The maximum Gasteiger partial charge on any atom is 0.0192 e. The van der Waals surface area contributed by atoms with Crippen molar-refractivity contribution in [2.45, 2.75) is 59.0 Å². The van der Waals surface area contributed by atoms with Crippen LogP contribution in [0.3, 0.4) is 0 Å². The van der Waals surface area contributed by atoms with Crippen LogP contribution in [0.2, 0.25) is 0 Å². The molecule has 1 heterocycles. The van der Waals surface area contributed by atoms with Gasteiger partial charge in [0.05, 0.1) is 0 Å². The number of hydrogen-bond acceptors (Lipinski definition) is 2. The molecule has 0 spiro atoms. The molecule has 1 aliphatic rings. The predicted octanol–water partition coefficient (Wildman–Crippen LogP) is 2.49. The van der Waals surface area contributed by atoms with Gasteiger partial charge in [-0.05, 0) is 38.3 Å². The van der Waals surface area contributed by atoms with Gasteiger partial charge < -0.3 is 5.32 Å². The lowest BCUT2D eigenvalue weighted by Crippen LogP contribution is -2.44. The first-order valence-electron chi connectivity index (χ1n) is 6.66. The van der Waals surface area contributed by atoms with Crippen LogP contribution in [0.5, 0.6) is 0 Å². The summed E-state index contributed by atoms with van der Waals surface area (Å²) in [6.07, 6.45) is 4.04. The van der Waals surface area contributed by atoms with Crippen molar-refractivity contribution in [1.82, 2.24) is 10.2 Å². The minimum atomic E-state index is 0.689. The number of hydrogen-bond donors (Lipinski definition) is 1. The second kappa shape index (κ2) is 6.49. The Labute approximate surface area is 95.4 Å². The summed E-state index contributed by atoms with van der Waals surface area (Å²) in [7, 11) is 0. The molecule has 1 saturated heterocycles. The highest BCUT2D eigenvalue weighted by molar-refractivity contribution is 4.84. The number of likely N-dealkylation sites (tertiary alicyclic amines) is 1. The summed E-state index contributed by atoms with van der Waals surface area (Å²) in [5.74, 6) is 0.812. The van der Waals surface area contributed by atoms with E-state index in [0.717, 1.165) is 18.5 Å². The smallest absolute Gasteiger partial charge is 0.0192 e. The van der Waals surface area contributed by atoms with E-state index < -0.39 is 0 Å². The Morgan fingerprint density at radius 3 is 2.60 bits per heavy atom. The fourth-order valence-electron chi connectivity index (χ4n) is 2.74. The molecule has 2 nitrogen and oxygen atoms in total. The first kappa shape index (κ1) is 13.0. The highest BCUT2D eigenvalue weighted by Crippen LogP contribution is 2.23. The summed E-state index contributed by atoms with van der Waals surface area (Å²) in [6.45, 7) is 12.9. The van der Waals surface area contributed by atoms with Gasteiger partial charge in [-0.25, -0.2) is 0 Å². The monoisotopic (exact) mass is 212 g/mol. The summed E-state index contributed by atoms with van der Waals surface area (Å²) >= 11 is 0. The summed E-state index contributed by atoms with van der Waals surface area (Å²) < 4.78 is 0. The van der Waals surface area contributed by atoms with Gasteiger partial charge in [-0.2, -0.15) is 0 Å². The quantitative estimate of drug-likeness (QED) is 0.728. The van der Waals surface area contributed by atoms with Crippen molar-refractivity contribution in [3.63, 3.8) is 0 Å². The number of likely N-dealkylation sites (N-methyl/N-ethyl adjacent to an activating group) is 1. The summed E-state index contributed by atoms with van der Waals surface area (Å²) in [4.78, 5) is 2.70. The normalized spacial score (nSPS) is 25.0. The van der Waals surface area contributed by atoms with Crippen molar-refractivity contribution in [2.24, 2.45) is 5.92 Å². The van der Waals surface area contributed by atoms with Crippen molar-refractivity contribution in [2.75, 3.05) is 19.6 Å². The largest absolute Gasteiger partial charge is 0.313 e. The predicted molar refractivity (Wildman–Crippen MR) is 67.2 cm³/mol. The fourth-order valence-corrected chi connectivity index (χ4v) is 2.74. The molecule has 2 heteroatoms. The zero-order chi connectivity index (χ0) is 11.3. The highest BCUT2D eigenvalue weighted by atomic mass is 15.2. The van der Waals surface area contributed by atoms with E-state index in [2.05, 4.69) is 37.9 Å². The average Bonchev–Trinajstić information content (AvgIpc) is 2.65. The van der Waals surface area contributed by atoms with Gasteiger partial charge >= 0.3 is 0 Å². The van der Waals surface area contributed by atoms with Crippen molar-refractivity contribution in [3.05, 3.63) is 0 Å². The molecule has 1 aliphatic heterocycles. The second-order valence-electron chi connectivity index (χ2n) is 5.11. The minimum absolute atomic E-state index is 0.689. The van der Waals surface area contributed by atoms with Crippen LogP contribution < -0.4 is 5.32 Å². The standard InChI is InChI=1S/C13H28N2/c1-5-12(14-6-2)10-15-9-7-8-13(15)11(3)4/h11-14H,5-10H2,1-4H3. The zero-order valence-electron chi connectivity index (χ0n) is 10.9. The molecule has 2 atom stereocenters. The summed E-state index contributed by atoms with van der Waals surface area (Å²) in [6, 6.07) is 1.52. The SMILES string of the molecule is CCNC(CC)CN1CCCC1C(C)C. The maximum atomic E-state index is 3.58. The Morgan fingerprint density at radius 1 is 1.33 bits per heavy atom. The third kappa shape index (κ3) is 3.76. The number of nitrogens with zero attached hydrogens (tertiary/aromatic N) is 1. The maximum absolute atomic E-state index is 3.58. The van der Waals surface area contributed by atoms with Crippen LogP contribution in [0, 0.1) is 5.92 Å². The molecular weight excluding hydrogens is 184 g/mol. The Morgan fingerprint density at radius 2 is 2.07 bits per heavy atom. The van der Waals surface area contributed by atoms with Crippen LogP contribution in [0.15, 0.2) is 0 Å². The summed E-state index contributed by atoms with van der Waals surface area (Å²) in [5.41, 5.74) is 0. The van der Waals surface area contributed by atoms with E-state index in [1.165, 1.54) is 32.4 Å². The van der Waals surface area contributed by atoms with Gasteiger partial charge in [-0.3, -0.25) is 4.90 Å². The summed E-state index contributed by atoms with van der Waals surface area (Å²) in [5, 5.41) is 3.58. The molecule has 0 aromatic carbocycles. The Bertz CT molecular complexity index is 168. The fraction of sp³-hybridized carbons (Fsp3) is 1.00. The van der Waals surface area contributed by atoms with Gasteiger partial charge in [0.2, 0.25) is 0 Å². The first-order valence-corrected chi connectivity index (χ1v) is 6.66. The van der Waals surface area contributed by atoms with Gasteiger partial charge in [0, 0.05) is 18.6 Å². The lowest BCUT2D eigenvalue weighted by molar-refractivity contribution is 0.185. The van der Waals surface area contributed by atoms with E-state index in [0.29, 0.717) is 6.04 Å². The molecule has 0 aromatic heterocycles. The van der Waals surface area contributed by atoms with E-state index in [-0.39, 0.29) is 0 Å². The third-order valence-corrected chi connectivity index (χ3v) is 3.62. The molecule has 0 radical (unpaired) electrons. The lowest BCUT2D eigenvalue weighted by Gasteiger charge is -2.31. The van der Waals surface area contributed by atoms with Gasteiger partial charge in [-0.15, -0.1) is 0 Å². The zero-order valence-corrected chi connectivity index (χ0v) is 10.9. The lowest BCUT2D eigenvalue weighted by atomic mass is 10.0. The molecular formula is C13H28N2. The van der Waals surface area contributed by atoms with E-state index in [1.807, 2.05) is 0 Å². The average molecular weight is 212 g/mol. The van der Waals surface area contributed by atoms with Crippen molar-refractivity contribution < 1.29 is 0 Å². The van der Waals surface area contributed by atoms with Crippen LogP contribution in [0.1, 0.15) is 47.0 Å². The van der Waals surface area contributed by atoms with Crippen LogP contribution in [0.25, 0.3) is 0 Å². The van der Waals surface area contributed by atoms with Crippen molar-refractivity contribution in [3.8, 4) is 0 Å². The molecule has 0 amide bonds. The van der Waals surface area contributed by atoms with Gasteiger partial charge in [0.25, 0.3) is 0 Å². The first-order chi connectivity index (χ1) is 7.19. The van der Waals surface area contributed by atoms with Crippen LogP contribution >= 0.6 is 0 Å². The molecule has 0 bridgehead atoms. The van der Waals surface area contributed by atoms with Crippen LogP contribution in [0.4, 0.5) is 0 Å². The highest BCUT2D eigenvalue weighted by Gasteiger charge is 2.27. The van der Waals surface area contributed by atoms with E-state index in [4.69, 9.17) is 0 Å². The van der Waals surface area contributed by atoms with E-state index >= 15 is 0 Å². The molecule has 1 N–H and O–H groups in total. The Balaban J connectivity index is 2.41. The molecule has 1 rings (SSSR count). The van der Waals surface area contributed by atoms with E-state index in [1.54, 1.807) is 0 Å². The molecule has 0 aliphatic carbocycles. The third-order valence-electron chi connectivity index (χ3n) is 3.62. The number of nitrogens with one attached hydrogen (secondary N) is 1. The minimum Gasteiger partial charge on any atom is -0.313 e. The van der Waals surface area contributed by atoms with Crippen LogP contribution in [-0.2, 0) is 0 Å². The molecule has 0 aromatic rings. The van der Waals surface area contributed by atoms with Gasteiger partial charge in [0.15, 0.2) is 0 Å². The Hall–Kier alpha value is -0.0800. The molecule has 90 valence electrons. The topological polar surface area (TPSA) is 15.3 Å². The van der Waals surface area contributed by atoms with Gasteiger partial charge in [-0.1, -0.05) is 27.7 Å². The number of rotatable bonds is 6. The van der Waals surface area contributed by atoms with Crippen molar-refractivity contribution >= 4 is 0 Å². The molecule has 1 fully saturated rings. The molecule has 0 saturated carbocycles. The van der Waals surface area contributed by atoms with Crippen LogP contribution in [-0.4, -0.2) is 36.6 Å². The molecule has 2 unspecified atom stereocenters. The second-order valence-corrected chi connectivity index (χ2v) is 5.11. The molecule has 15 heavy (non-hydrogen) atoms.